The maximum Gasteiger partial charge on any atom is 0.243 e. The number of hydrogen-bond donors (Lipinski definition) is 1. The Balaban J connectivity index is 1.70. The Morgan fingerprint density at radius 2 is 2.00 bits per heavy atom. The molecule has 1 aromatic heterocycles. The molecule has 0 unspecified atom stereocenters. The number of sulfonamides is 1. The first-order valence-electron chi connectivity index (χ1n) is 8.34. The third-order valence-corrected chi connectivity index (χ3v) is 6.76. The topological polar surface area (TPSA) is 62.4 Å². The number of halogens is 1. The van der Waals surface area contributed by atoms with Crippen molar-refractivity contribution in [2.75, 3.05) is 13.7 Å². The number of aromatic nitrogens is 1. The molecule has 26 heavy (non-hydrogen) atoms. The van der Waals surface area contributed by atoms with Crippen molar-refractivity contribution in [2.24, 2.45) is 0 Å². The highest BCUT2D eigenvalue weighted by Crippen LogP contribution is 2.32. The fourth-order valence-electron chi connectivity index (χ4n) is 3.45. The van der Waals surface area contributed by atoms with Crippen LogP contribution < -0.4 is 4.74 Å². The summed E-state index contributed by atoms with van der Waals surface area (Å²) in [4.78, 5) is 3.44. The Morgan fingerprint density at radius 1 is 1.19 bits per heavy atom. The fraction of sp³-hybridized carbons (Fsp3) is 0.263. The largest absolute Gasteiger partial charge is 0.497 e. The molecule has 1 aliphatic heterocycles. The minimum atomic E-state index is -3.67. The first-order chi connectivity index (χ1) is 12.4. The molecule has 5 nitrogen and oxygen atoms in total. The Bertz CT molecular complexity index is 1110. The van der Waals surface area contributed by atoms with Crippen LogP contribution in [0.3, 0.4) is 0 Å². The van der Waals surface area contributed by atoms with Gasteiger partial charge in [0, 0.05) is 23.1 Å². The Hall–Kier alpha value is -2.38. The quantitative estimate of drug-likeness (QED) is 0.765. The van der Waals surface area contributed by atoms with E-state index >= 15 is 0 Å². The zero-order chi connectivity index (χ0) is 18.5. The minimum Gasteiger partial charge on any atom is -0.497 e. The van der Waals surface area contributed by atoms with Crippen LogP contribution in [0.1, 0.15) is 16.8 Å². The highest BCUT2D eigenvalue weighted by atomic mass is 32.2. The molecule has 2 heterocycles. The summed E-state index contributed by atoms with van der Waals surface area (Å²) in [6, 6.07) is 9.69. The second-order valence-electron chi connectivity index (χ2n) is 6.49. The van der Waals surface area contributed by atoms with Gasteiger partial charge in [0.1, 0.15) is 11.6 Å². The normalized spacial score (nSPS) is 15.2. The zero-order valence-corrected chi connectivity index (χ0v) is 15.4. The lowest BCUT2D eigenvalue weighted by Gasteiger charge is -2.26. The number of hydrogen-bond acceptors (Lipinski definition) is 3. The van der Waals surface area contributed by atoms with E-state index in [4.69, 9.17) is 4.74 Å². The van der Waals surface area contributed by atoms with E-state index in [9.17, 15) is 12.8 Å². The Morgan fingerprint density at radius 3 is 2.73 bits per heavy atom. The van der Waals surface area contributed by atoms with Crippen LogP contribution in [0.5, 0.6) is 5.75 Å². The maximum absolute atomic E-state index is 13.5. The maximum atomic E-state index is 13.5. The molecule has 0 fully saturated rings. The first-order valence-corrected chi connectivity index (χ1v) is 9.78. The van der Waals surface area contributed by atoms with Crippen molar-refractivity contribution in [1.29, 1.82) is 0 Å². The molecule has 0 saturated heterocycles. The van der Waals surface area contributed by atoms with E-state index in [1.165, 1.54) is 22.5 Å². The van der Waals surface area contributed by atoms with Gasteiger partial charge in [0.05, 0.1) is 18.6 Å². The molecule has 0 atom stereocenters. The number of aryl methyl sites for hydroxylation is 1. The van der Waals surface area contributed by atoms with Crippen molar-refractivity contribution in [1.82, 2.24) is 9.29 Å². The summed E-state index contributed by atoms with van der Waals surface area (Å²) in [5, 5.41) is 1.06. The highest BCUT2D eigenvalue weighted by molar-refractivity contribution is 7.89. The molecule has 0 radical (unpaired) electrons. The lowest BCUT2D eigenvalue weighted by molar-refractivity contribution is 0.388. The lowest BCUT2D eigenvalue weighted by atomic mass is 10.0. The van der Waals surface area contributed by atoms with Gasteiger partial charge in [-0.05, 0) is 60.9 Å². The molecule has 7 heteroatoms. The van der Waals surface area contributed by atoms with Crippen LogP contribution in [0.4, 0.5) is 4.39 Å². The summed E-state index contributed by atoms with van der Waals surface area (Å²) in [5.41, 5.74) is 3.30. The monoisotopic (exact) mass is 374 g/mol. The molecule has 4 rings (SSSR count). The van der Waals surface area contributed by atoms with Crippen molar-refractivity contribution < 1.29 is 17.5 Å². The first kappa shape index (κ1) is 17.1. The van der Waals surface area contributed by atoms with Crippen molar-refractivity contribution in [3.05, 3.63) is 59.0 Å². The van der Waals surface area contributed by atoms with Gasteiger partial charge in [-0.25, -0.2) is 12.8 Å². The summed E-state index contributed by atoms with van der Waals surface area (Å²) in [5.74, 6) is 0.366. The van der Waals surface area contributed by atoms with Gasteiger partial charge in [0.15, 0.2) is 0 Å². The number of rotatable bonds is 3. The third-order valence-electron chi connectivity index (χ3n) is 4.91. The number of nitrogens with zero attached hydrogens (tertiary/aromatic N) is 1. The number of nitrogens with one attached hydrogen (secondary N) is 1. The van der Waals surface area contributed by atoms with Gasteiger partial charge in [0.25, 0.3) is 0 Å². The predicted octanol–water partition coefficient (Wildman–Crippen LogP) is 3.37. The van der Waals surface area contributed by atoms with E-state index in [1.807, 2.05) is 18.2 Å². The van der Waals surface area contributed by atoms with Crippen molar-refractivity contribution >= 4 is 20.9 Å². The van der Waals surface area contributed by atoms with E-state index < -0.39 is 15.8 Å². The fourth-order valence-corrected chi connectivity index (χ4v) is 4.95. The van der Waals surface area contributed by atoms with Crippen LogP contribution in [0.15, 0.2) is 41.3 Å². The van der Waals surface area contributed by atoms with Gasteiger partial charge < -0.3 is 9.72 Å². The molecule has 3 aromatic rings. The summed E-state index contributed by atoms with van der Waals surface area (Å²) >= 11 is 0. The molecule has 0 saturated carbocycles. The number of aromatic amines is 1. The lowest BCUT2D eigenvalue weighted by Crippen LogP contribution is -2.35. The molecule has 1 N–H and O–H groups in total. The zero-order valence-electron chi connectivity index (χ0n) is 14.5. The molecule has 2 aromatic carbocycles. The Labute approximate surface area is 151 Å². The average Bonchev–Trinajstić information content (AvgIpc) is 3.00. The molecule has 1 aliphatic rings. The molecule has 136 valence electrons. The third kappa shape index (κ3) is 2.68. The van der Waals surface area contributed by atoms with Crippen LogP contribution in [0.2, 0.25) is 0 Å². The SMILES string of the molecule is COc1ccc2[nH]c3c(c2c1)CCN(S(=O)(=O)c1ccc(F)c(C)c1)C3. The van der Waals surface area contributed by atoms with Crippen LogP contribution in [0.25, 0.3) is 10.9 Å². The van der Waals surface area contributed by atoms with Gasteiger partial charge >= 0.3 is 0 Å². The van der Waals surface area contributed by atoms with E-state index in [1.54, 1.807) is 14.0 Å². The molecule has 0 bridgehead atoms. The van der Waals surface area contributed by atoms with Crippen LogP contribution in [0, 0.1) is 12.7 Å². The van der Waals surface area contributed by atoms with Gasteiger partial charge in [-0.1, -0.05) is 0 Å². The van der Waals surface area contributed by atoms with Crippen LogP contribution in [-0.4, -0.2) is 31.4 Å². The second-order valence-corrected chi connectivity index (χ2v) is 8.43. The smallest absolute Gasteiger partial charge is 0.243 e. The van der Waals surface area contributed by atoms with Crippen molar-refractivity contribution in [2.45, 2.75) is 24.8 Å². The van der Waals surface area contributed by atoms with Crippen LogP contribution in [-0.2, 0) is 23.0 Å². The number of methoxy groups -OCH3 is 1. The van der Waals surface area contributed by atoms with Gasteiger partial charge in [-0.2, -0.15) is 4.31 Å². The van der Waals surface area contributed by atoms with Crippen molar-refractivity contribution in [3.63, 3.8) is 0 Å². The standard InChI is InChI=1S/C19H19FN2O3S/c1-12-9-14(4-5-17(12)20)26(23,24)22-8-7-15-16-10-13(25-2)3-6-18(16)21-19(15)11-22/h3-6,9-10,21H,7-8,11H2,1-2H3. The van der Waals surface area contributed by atoms with E-state index in [0.717, 1.165) is 27.9 Å². The molecular weight excluding hydrogens is 355 g/mol. The van der Waals surface area contributed by atoms with E-state index in [0.29, 0.717) is 18.5 Å². The summed E-state index contributed by atoms with van der Waals surface area (Å²) in [7, 11) is -2.05. The predicted molar refractivity (Wildman–Crippen MR) is 97.3 cm³/mol. The molecule has 0 spiro atoms. The van der Waals surface area contributed by atoms with Crippen molar-refractivity contribution in [3.8, 4) is 5.75 Å². The average molecular weight is 374 g/mol. The van der Waals surface area contributed by atoms with Gasteiger partial charge in [-0.3, -0.25) is 0 Å². The molecular formula is C19H19FN2O3S. The Kier molecular flexibility index (Phi) is 4.00. The summed E-state index contributed by atoms with van der Waals surface area (Å²) in [6.45, 7) is 2.22. The number of ether oxygens (including phenoxy) is 1. The summed E-state index contributed by atoms with van der Waals surface area (Å²) in [6.07, 6.45) is 0.613. The van der Waals surface area contributed by atoms with Gasteiger partial charge in [-0.15, -0.1) is 0 Å². The second kappa shape index (κ2) is 6.10. The van der Waals surface area contributed by atoms with E-state index in [-0.39, 0.29) is 11.4 Å². The van der Waals surface area contributed by atoms with Gasteiger partial charge in [0.2, 0.25) is 10.0 Å². The highest BCUT2D eigenvalue weighted by Gasteiger charge is 2.30. The summed E-state index contributed by atoms with van der Waals surface area (Å²) < 4.78 is 46.1. The van der Waals surface area contributed by atoms with Crippen LogP contribution >= 0.6 is 0 Å². The number of H-pyrrole nitrogens is 1. The number of fused-ring (bicyclic) bond motifs is 3. The van der Waals surface area contributed by atoms with E-state index in [2.05, 4.69) is 4.98 Å². The minimum absolute atomic E-state index is 0.123. The molecule has 0 aliphatic carbocycles. The molecule has 0 amide bonds. The number of benzene rings is 2.